The van der Waals surface area contributed by atoms with E-state index < -0.39 is 10.0 Å². The van der Waals surface area contributed by atoms with Crippen LogP contribution in [0.4, 0.5) is 0 Å². The summed E-state index contributed by atoms with van der Waals surface area (Å²) < 4.78 is 31.8. The van der Waals surface area contributed by atoms with Crippen molar-refractivity contribution in [3.05, 3.63) is 36.9 Å². The molecular weight excluding hydrogens is 262 g/mol. The van der Waals surface area contributed by atoms with E-state index in [9.17, 15) is 8.42 Å². The SMILES string of the molecule is C=CCC(C)(C)CNS(=O)(=O)c1ccc(OC)cc1. The highest BCUT2D eigenvalue weighted by Crippen LogP contribution is 2.21. The predicted octanol–water partition coefficient (Wildman–Crippen LogP) is 2.58. The van der Waals surface area contributed by atoms with Gasteiger partial charge in [0.1, 0.15) is 5.75 Å². The van der Waals surface area contributed by atoms with Gasteiger partial charge in [0.05, 0.1) is 12.0 Å². The lowest BCUT2D eigenvalue weighted by atomic mass is 9.90. The average molecular weight is 283 g/mol. The number of benzene rings is 1. The minimum absolute atomic E-state index is 0.151. The first-order chi connectivity index (χ1) is 8.80. The molecule has 1 aromatic carbocycles. The quantitative estimate of drug-likeness (QED) is 0.782. The van der Waals surface area contributed by atoms with E-state index in [1.165, 1.54) is 12.1 Å². The van der Waals surface area contributed by atoms with E-state index >= 15 is 0 Å². The van der Waals surface area contributed by atoms with Crippen molar-refractivity contribution in [3.8, 4) is 5.75 Å². The molecule has 5 heteroatoms. The highest BCUT2D eigenvalue weighted by atomic mass is 32.2. The van der Waals surface area contributed by atoms with Crippen LogP contribution in [0.5, 0.6) is 5.75 Å². The molecule has 1 rings (SSSR count). The molecule has 0 bridgehead atoms. The van der Waals surface area contributed by atoms with Crippen LogP contribution in [-0.2, 0) is 10.0 Å². The zero-order valence-electron chi connectivity index (χ0n) is 11.6. The van der Waals surface area contributed by atoms with Gasteiger partial charge in [0.2, 0.25) is 10.0 Å². The van der Waals surface area contributed by atoms with Crippen LogP contribution in [0.3, 0.4) is 0 Å². The van der Waals surface area contributed by atoms with E-state index in [0.29, 0.717) is 12.3 Å². The van der Waals surface area contributed by atoms with Crippen molar-refractivity contribution < 1.29 is 13.2 Å². The third-order valence-corrected chi connectivity index (χ3v) is 4.22. The molecule has 0 saturated heterocycles. The van der Waals surface area contributed by atoms with E-state index in [-0.39, 0.29) is 10.3 Å². The summed E-state index contributed by atoms with van der Waals surface area (Å²) in [7, 11) is -1.94. The van der Waals surface area contributed by atoms with Crippen molar-refractivity contribution in [3.63, 3.8) is 0 Å². The molecule has 19 heavy (non-hydrogen) atoms. The first kappa shape index (κ1) is 15.7. The summed E-state index contributed by atoms with van der Waals surface area (Å²) >= 11 is 0. The van der Waals surface area contributed by atoms with Crippen molar-refractivity contribution in [1.82, 2.24) is 4.72 Å². The molecule has 0 saturated carbocycles. The fourth-order valence-electron chi connectivity index (χ4n) is 1.59. The van der Waals surface area contributed by atoms with Gasteiger partial charge in [0, 0.05) is 6.54 Å². The molecule has 1 N–H and O–H groups in total. The van der Waals surface area contributed by atoms with Gasteiger partial charge in [-0.15, -0.1) is 6.58 Å². The molecule has 0 unspecified atom stereocenters. The normalized spacial score (nSPS) is 12.2. The highest BCUT2D eigenvalue weighted by Gasteiger charge is 2.21. The summed E-state index contributed by atoms with van der Waals surface area (Å²) in [6, 6.07) is 6.32. The van der Waals surface area contributed by atoms with E-state index in [2.05, 4.69) is 11.3 Å². The van der Waals surface area contributed by atoms with Crippen molar-refractivity contribution in [2.24, 2.45) is 5.41 Å². The number of sulfonamides is 1. The van der Waals surface area contributed by atoms with Gasteiger partial charge in [0.25, 0.3) is 0 Å². The molecule has 0 spiro atoms. The highest BCUT2D eigenvalue weighted by molar-refractivity contribution is 7.89. The van der Waals surface area contributed by atoms with Gasteiger partial charge in [-0.3, -0.25) is 0 Å². The molecule has 0 aliphatic rings. The Morgan fingerprint density at radius 2 is 1.89 bits per heavy atom. The summed E-state index contributed by atoms with van der Waals surface area (Å²) in [6.07, 6.45) is 2.54. The minimum Gasteiger partial charge on any atom is -0.497 e. The van der Waals surface area contributed by atoms with Crippen LogP contribution >= 0.6 is 0 Å². The zero-order chi connectivity index (χ0) is 14.5. The van der Waals surface area contributed by atoms with E-state index in [1.807, 2.05) is 13.8 Å². The Hall–Kier alpha value is -1.33. The summed E-state index contributed by atoms with van der Waals surface area (Å²) in [5, 5.41) is 0. The van der Waals surface area contributed by atoms with Crippen molar-refractivity contribution >= 4 is 10.0 Å². The summed E-state index contributed by atoms with van der Waals surface area (Å²) in [5.41, 5.74) is -0.151. The lowest BCUT2D eigenvalue weighted by Crippen LogP contribution is -2.33. The molecule has 0 heterocycles. The molecule has 0 aromatic heterocycles. The van der Waals surface area contributed by atoms with Crippen molar-refractivity contribution in [2.75, 3.05) is 13.7 Å². The van der Waals surface area contributed by atoms with Crippen LogP contribution in [0, 0.1) is 5.41 Å². The average Bonchev–Trinajstić information content (AvgIpc) is 2.37. The molecular formula is C14H21NO3S. The van der Waals surface area contributed by atoms with Crippen LogP contribution in [0.1, 0.15) is 20.3 Å². The maximum Gasteiger partial charge on any atom is 0.240 e. The first-order valence-corrected chi connectivity index (χ1v) is 7.54. The van der Waals surface area contributed by atoms with Crippen LogP contribution in [-0.4, -0.2) is 22.1 Å². The lowest BCUT2D eigenvalue weighted by Gasteiger charge is -2.23. The number of nitrogens with one attached hydrogen (secondary N) is 1. The Kier molecular flexibility index (Phi) is 5.14. The molecule has 0 atom stereocenters. The molecule has 4 nitrogen and oxygen atoms in total. The Balaban J connectivity index is 2.78. The standard InChI is InChI=1S/C14H21NO3S/c1-5-10-14(2,3)11-15-19(16,17)13-8-6-12(18-4)7-9-13/h5-9,15H,1,10-11H2,2-4H3. The van der Waals surface area contributed by atoms with E-state index in [0.717, 1.165) is 6.42 Å². The van der Waals surface area contributed by atoms with Gasteiger partial charge in [-0.05, 0) is 36.1 Å². The molecule has 0 aliphatic heterocycles. The van der Waals surface area contributed by atoms with Crippen LogP contribution in [0.25, 0.3) is 0 Å². The molecule has 0 amide bonds. The summed E-state index contributed by atoms with van der Waals surface area (Å²) in [4.78, 5) is 0.239. The van der Waals surface area contributed by atoms with Crippen molar-refractivity contribution in [2.45, 2.75) is 25.2 Å². The first-order valence-electron chi connectivity index (χ1n) is 6.05. The Morgan fingerprint density at radius 3 is 2.37 bits per heavy atom. The van der Waals surface area contributed by atoms with Crippen LogP contribution in [0.15, 0.2) is 41.8 Å². The number of hydrogen-bond acceptors (Lipinski definition) is 3. The van der Waals surface area contributed by atoms with Crippen LogP contribution < -0.4 is 9.46 Å². The maximum atomic E-state index is 12.1. The maximum absolute atomic E-state index is 12.1. The van der Waals surface area contributed by atoms with Gasteiger partial charge >= 0.3 is 0 Å². The second kappa shape index (κ2) is 6.21. The van der Waals surface area contributed by atoms with Gasteiger partial charge in [-0.2, -0.15) is 0 Å². The van der Waals surface area contributed by atoms with Gasteiger partial charge in [-0.25, -0.2) is 13.1 Å². The monoisotopic (exact) mass is 283 g/mol. The van der Waals surface area contributed by atoms with Crippen molar-refractivity contribution in [1.29, 1.82) is 0 Å². The summed E-state index contributed by atoms with van der Waals surface area (Å²) in [6.45, 7) is 8.03. The second-order valence-electron chi connectivity index (χ2n) is 5.16. The van der Waals surface area contributed by atoms with Gasteiger partial charge in [-0.1, -0.05) is 19.9 Å². The minimum atomic E-state index is -3.48. The molecule has 1 aromatic rings. The molecule has 0 aliphatic carbocycles. The number of methoxy groups -OCH3 is 1. The van der Waals surface area contributed by atoms with Gasteiger partial charge in [0.15, 0.2) is 0 Å². The number of rotatable bonds is 7. The van der Waals surface area contributed by atoms with E-state index in [1.54, 1.807) is 25.3 Å². The zero-order valence-corrected chi connectivity index (χ0v) is 12.5. The number of hydrogen-bond donors (Lipinski definition) is 1. The predicted molar refractivity (Wildman–Crippen MR) is 76.8 cm³/mol. The van der Waals surface area contributed by atoms with Gasteiger partial charge < -0.3 is 4.74 Å². The van der Waals surface area contributed by atoms with E-state index in [4.69, 9.17) is 4.74 Å². The number of allylic oxidation sites excluding steroid dienone is 1. The molecule has 0 radical (unpaired) electrons. The molecule has 106 valence electrons. The third kappa shape index (κ3) is 4.69. The van der Waals surface area contributed by atoms with Crippen LogP contribution in [0.2, 0.25) is 0 Å². The Morgan fingerprint density at radius 1 is 1.32 bits per heavy atom. The summed E-state index contributed by atoms with van der Waals surface area (Å²) in [5.74, 6) is 0.630. The molecule has 0 fully saturated rings. The largest absolute Gasteiger partial charge is 0.497 e. The lowest BCUT2D eigenvalue weighted by molar-refractivity contribution is 0.369. The number of ether oxygens (including phenoxy) is 1. The third-order valence-electron chi connectivity index (χ3n) is 2.81. The smallest absolute Gasteiger partial charge is 0.240 e. The topological polar surface area (TPSA) is 55.4 Å². The second-order valence-corrected chi connectivity index (χ2v) is 6.92. The Bertz CT molecular complexity index is 518. The fourth-order valence-corrected chi connectivity index (χ4v) is 2.83. The Labute approximate surface area is 115 Å². The fraction of sp³-hybridized carbons (Fsp3) is 0.429.